The van der Waals surface area contributed by atoms with E-state index in [2.05, 4.69) is 0 Å². The van der Waals surface area contributed by atoms with Crippen LogP contribution >= 0.6 is 0 Å². The summed E-state index contributed by atoms with van der Waals surface area (Å²) in [4.78, 5) is 27.8. The van der Waals surface area contributed by atoms with Gasteiger partial charge in [0.2, 0.25) is 0 Å². The van der Waals surface area contributed by atoms with Crippen LogP contribution in [-0.2, 0) is 14.4 Å². The van der Waals surface area contributed by atoms with Crippen LogP contribution in [0.5, 0.6) is 0 Å². The molecule has 0 aliphatic carbocycles. The summed E-state index contributed by atoms with van der Waals surface area (Å²) in [5.74, 6) is -2.99. The molecule has 0 rings (SSSR count). The van der Waals surface area contributed by atoms with Crippen LogP contribution in [0.3, 0.4) is 0 Å². The zero-order valence-electron chi connectivity index (χ0n) is 9.42. The average Bonchev–Trinajstić information content (AvgIpc) is 2.19. The molecule has 0 bridgehead atoms. The molecule has 0 aliphatic heterocycles. The van der Waals surface area contributed by atoms with Crippen LogP contribution in [0.4, 0.5) is 0 Å². The Labute approximate surface area is 127 Å². The summed E-state index contributed by atoms with van der Waals surface area (Å²) in [6, 6.07) is 0. The number of aliphatic carboxylic acids is 3. The van der Waals surface area contributed by atoms with Crippen molar-refractivity contribution < 1.29 is 69.6 Å². The third kappa shape index (κ3) is 67.7. The van der Waals surface area contributed by atoms with Gasteiger partial charge in [-0.15, -0.1) is 0 Å². The summed E-state index contributed by atoms with van der Waals surface area (Å²) < 4.78 is 0. The first-order valence-corrected chi connectivity index (χ1v) is 4.41. The topological polar surface area (TPSA) is 120 Å². The SMILES string of the molecule is CCC(=O)[O-].CCC(=O)[O-].CCC(=O)[O-].[Gd+3]. The summed E-state index contributed by atoms with van der Waals surface area (Å²) in [5.41, 5.74) is 0. The maximum absolute atomic E-state index is 9.26. The molecule has 0 spiro atoms. The van der Waals surface area contributed by atoms with Crippen molar-refractivity contribution in [2.45, 2.75) is 40.0 Å². The molecule has 1 radical (unpaired) electrons. The van der Waals surface area contributed by atoms with Gasteiger partial charge >= 0.3 is 39.9 Å². The number of carbonyl (C=O) groups excluding carboxylic acids is 3. The number of rotatable bonds is 3. The van der Waals surface area contributed by atoms with Crippen LogP contribution in [0, 0.1) is 39.9 Å². The van der Waals surface area contributed by atoms with E-state index < -0.39 is 17.9 Å². The van der Waals surface area contributed by atoms with E-state index >= 15 is 0 Å². The van der Waals surface area contributed by atoms with Crippen molar-refractivity contribution in [1.29, 1.82) is 0 Å². The van der Waals surface area contributed by atoms with Gasteiger partial charge in [0.05, 0.1) is 0 Å². The van der Waals surface area contributed by atoms with E-state index in [0.717, 1.165) is 0 Å². The molecule has 95 valence electrons. The minimum atomic E-state index is -0.995. The van der Waals surface area contributed by atoms with E-state index in [1.165, 1.54) is 20.8 Å². The van der Waals surface area contributed by atoms with Crippen molar-refractivity contribution in [2.24, 2.45) is 0 Å². The van der Waals surface area contributed by atoms with Gasteiger partial charge in [0.1, 0.15) is 0 Å². The predicted octanol–water partition coefficient (Wildman–Crippen LogP) is -2.56. The molecule has 0 aromatic rings. The molecule has 6 nitrogen and oxygen atoms in total. The van der Waals surface area contributed by atoms with Gasteiger partial charge in [-0.05, 0) is 19.3 Å². The largest absolute Gasteiger partial charge is 3.00 e. The number of carboxylic acid groups (broad SMARTS) is 3. The summed E-state index contributed by atoms with van der Waals surface area (Å²) in [7, 11) is 0. The third-order valence-corrected chi connectivity index (χ3v) is 0.866. The van der Waals surface area contributed by atoms with Gasteiger partial charge in [-0.2, -0.15) is 0 Å². The maximum Gasteiger partial charge on any atom is 3.00 e. The maximum atomic E-state index is 9.26. The van der Waals surface area contributed by atoms with Gasteiger partial charge in [-0.25, -0.2) is 0 Å². The van der Waals surface area contributed by atoms with Crippen molar-refractivity contribution in [2.75, 3.05) is 0 Å². The fourth-order valence-electron chi connectivity index (χ4n) is 0. The van der Waals surface area contributed by atoms with Crippen LogP contribution in [0.25, 0.3) is 0 Å². The normalized spacial score (nSPS) is 6.94. The molecular weight excluding hydrogens is 361 g/mol. The van der Waals surface area contributed by atoms with Crippen LogP contribution < -0.4 is 15.3 Å². The van der Waals surface area contributed by atoms with Gasteiger partial charge in [-0.1, -0.05) is 20.8 Å². The first kappa shape index (κ1) is 24.8. The summed E-state index contributed by atoms with van der Waals surface area (Å²) in [6.45, 7) is 4.61. The Hall–Kier alpha value is -0.265. The second-order valence-electron chi connectivity index (χ2n) is 2.18. The van der Waals surface area contributed by atoms with E-state index in [9.17, 15) is 29.7 Å². The van der Waals surface area contributed by atoms with Crippen LogP contribution in [0.2, 0.25) is 0 Å². The number of hydrogen-bond donors (Lipinski definition) is 0. The van der Waals surface area contributed by atoms with Crippen molar-refractivity contribution in [3.05, 3.63) is 0 Å². The molecule has 0 N–H and O–H groups in total. The second-order valence-corrected chi connectivity index (χ2v) is 2.18. The first-order valence-electron chi connectivity index (χ1n) is 4.41. The van der Waals surface area contributed by atoms with Gasteiger partial charge in [-0.3, -0.25) is 0 Å². The van der Waals surface area contributed by atoms with Crippen LogP contribution in [0.1, 0.15) is 40.0 Å². The summed E-state index contributed by atoms with van der Waals surface area (Å²) in [5, 5.41) is 27.8. The monoisotopic (exact) mass is 377 g/mol. The standard InChI is InChI=1S/3C3H6O2.Gd/c3*1-2-3(4)5;/h3*2H2,1H3,(H,4,5);/q;;;+3/p-3. The fourth-order valence-corrected chi connectivity index (χ4v) is 0. The van der Waals surface area contributed by atoms with Gasteiger partial charge in [0.15, 0.2) is 0 Å². The smallest absolute Gasteiger partial charge is 0.550 e. The molecule has 0 aromatic heterocycles. The Balaban J connectivity index is -0.0000000655. The third-order valence-electron chi connectivity index (χ3n) is 0.866. The quantitative estimate of drug-likeness (QED) is 0.534. The fraction of sp³-hybridized carbons (Fsp3) is 0.667. The molecule has 0 aliphatic rings. The molecule has 0 amide bonds. The van der Waals surface area contributed by atoms with E-state index in [1.54, 1.807) is 0 Å². The van der Waals surface area contributed by atoms with E-state index in [1.807, 2.05) is 0 Å². The minimum absolute atomic E-state index is 0. The van der Waals surface area contributed by atoms with Gasteiger partial charge in [0.25, 0.3) is 0 Å². The molecule has 0 saturated heterocycles. The van der Waals surface area contributed by atoms with E-state index in [0.29, 0.717) is 0 Å². The zero-order chi connectivity index (χ0) is 12.9. The molecule has 0 fully saturated rings. The molecule has 0 atom stereocenters. The first-order chi connectivity index (χ1) is 6.81. The minimum Gasteiger partial charge on any atom is -0.550 e. The Bertz CT molecular complexity index is 159. The van der Waals surface area contributed by atoms with Gasteiger partial charge in [0, 0.05) is 17.9 Å². The molecular formula is C9H15GdO6. The second kappa shape index (κ2) is 20.2. The summed E-state index contributed by atoms with van der Waals surface area (Å²) in [6.07, 6.45) is 0.333. The Morgan fingerprint density at radius 1 is 0.688 bits per heavy atom. The molecule has 0 aromatic carbocycles. The Morgan fingerprint density at radius 3 is 0.750 bits per heavy atom. The Morgan fingerprint density at radius 2 is 0.750 bits per heavy atom. The van der Waals surface area contributed by atoms with E-state index in [-0.39, 0.29) is 59.2 Å². The Kier molecular flexibility index (Phi) is 31.3. The molecule has 7 heteroatoms. The zero-order valence-corrected chi connectivity index (χ0v) is 11.7. The number of carbonyl (C=O) groups is 3. The van der Waals surface area contributed by atoms with Crippen molar-refractivity contribution in [3.63, 3.8) is 0 Å². The van der Waals surface area contributed by atoms with Crippen molar-refractivity contribution >= 4 is 17.9 Å². The predicted molar refractivity (Wildman–Crippen MR) is 45.9 cm³/mol. The van der Waals surface area contributed by atoms with Crippen LogP contribution in [0.15, 0.2) is 0 Å². The molecule has 0 heterocycles. The van der Waals surface area contributed by atoms with Crippen molar-refractivity contribution in [1.82, 2.24) is 0 Å². The average molecular weight is 376 g/mol. The number of hydrogen-bond acceptors (Lipinski definition) is 6. The molecule has 0 saturated carbocycles. The van der Waals surface area contributed by atoms with E-state index in [4.69, 9.17) is 0 Å². The number of carboxylic acids is 3. The van der Waals surface area contributed by atoms with Crippen LogP contribution in [-0.4, -0.2) is 17.9 Å². The molecule has 16 heavy (non-hydrogen) atoms. The van der Waals surface area contributed by atoms with Crippen molar-refractivity contribution in [3.8, 4) is 0 Å². The van der Waals surface area contributed by atoms with Gasteiger partial charge < -0.3 is 29.7 Å². The molecule has 0 unspecified atom stereocenters. The summed E-state index contributed by atoms with van der Waals surface area (Å²) >= 11 is 0.